The zero-order valence-electron chi connectivity index (χ0n) is 12.7. The number of para-hydroxylation sites is 1. The van der Waals surface area contributed by atoms with Crippen molar-refractivity contribution in [3.8, 4) is 0 Å². The minimum Gasteiger partial charge on any atom is -0.367 e. The summed E-state index contributed by atoms with van der Waals surface area (Å²) >= 11 is 0. The number of fused-ring (bicyclic) bond motifs is 2. The number of hydrogen-bond donors (Lipinski definition) is 1. The molecule has 0 aliphatic carbocycles. The minimum atomic E-state index is 0.580. The van der Waals surface area contributed by atoms with E-state index in [0.717, 1.165) is 17.4 Å². The first-order chi connectivity index (χ1) is 10.3. The highest BCUT2D eigenvalue weighted by atomic mass is 15.2. The summed E-state index contributed by atoms with van der Waals surface area (Å²) in [7, 11) is 0. The summed E-state index contributed by atoms with van der Waals surface area (Å²) in [5.74, 6) is 1.07. The van der Waals surface area contributed by atoms with Gasteiger partial charge in [-0.2, -0.15) is 0 Å². The van der Waals surface area contributed by atoms with Crippen molar-refractivity contribution in [3.05, 3.63) is 35.9 Å². The van der Waals surface area contributed by atoms with Gasteiger partial charge in [-0.05, 0) is 56.8 Å². The van der Waals surface area contributed by atoms with Crippen LogP contribution in [0.2, 0.25) is 0 Å². The largest absolute Gasteiger partial charge is 0.367 e. The summed E-state index contributed by atoms with van der Waals surface area (Å²) in [6.07, 6.45) is 5.27. The smallest absolute Gasteiger partial charge is 0.129 e. The molecule has 3 heteroatoms. The van der Waals surface area contributed by atoms with Crippen molar-refractivity contribution in [2.24, 2.45) is 0 Å². The predicted molar refractivity (Wildman–Crippen MR) is 87.7 cm³/mol. The Hall–Kier alpha value is -1.61. The van der Waals surface area contributed by atoms with Crippen molar-refractivity contribution >= 4 is 16.7 Å². The molecule has 0 bridgehead atoms. The zero-order valence-corrected chi connectivity index (χ0v) is 12.7. The number of benzene rings is 1. The monoisotopic (exact) mass is 281 g/mol. The van der Waals surface area contributed by atoms with Crippen LogP contribution >= 0.6 is 0 Å². The first kappa shape index (κ1) is 13.1. The Balaban J connectivity index is 1.55. The van der Waals surface area contributed by atoms with E-state index >= 15 is 0 Å². The average molecular weight is 281 g/mol. The van der Waals surface area contributed by atoms with Gasteiger partial charge in [-0.15, -0.1) is 0 Å². The molecule has 2 aromatic rings. The van der Waals surface area contributed by atoms with Crippen molar-refractivity contribution in [3.63, 3.8) is 0 Å². The standard InChI is InChI=1S/C18H23N3/c1-13-11-14-5-2-3-7-17(14)20-18(13)19-15-8-10-21-9-4-6-16(21)12-15/h2-3,5,7,11,15-16H,4,6,8-10,12H2,1H3,(H,19,20). The number of rotatable bonds is 2. The number of aryl methyl sites for hydroxylation is 1. The molecule has 3 heterocycles. The van der Waals surface area contributed by atoms with Crippen LogP contribution in [0.15, 0.2) is 30.3 Å². The lowest BCUT2D eigenvalue weighted by Crippen LogP contribution is -2.42. The second-order valence-corrected chi connectivity index (χ2v) is 6.54. The Bertz CT molecular complexity index is 652. The molecule has 2 aliphatic rings. The molecule has 1 aromatic heterocycles. The number of hydrogen-bond acceptors (Lipinski definition) is 3. The Morgan fingerprint density at radius 2 is 2.10 bits per heavy atom. The average Bonchev–Trinajstić information content (AvgIpc) is 2.95. The van der Waals surface area contributed by atoms with Crippen molar-refractivity contribution in [2.75, 3.05) is 18.4 Å². The summed E-state index contributed by atoms with van der Waals surface area (Å²) in [4.78, 5) is 7.50. The highest BCUT2D eigenvalue weighted by Gasteiger charge is 2.31. The first-order valence-electron chi connectivity index (χ1n) is 8.16. The zero-order chi connectivity index (χ0) is 14.2. The summed E-state index contributed by atoms with van der Waals surface area (Å²) in [5, 5.41) is 4.94. The van der Waals surface area contributed by atoms with E-state index in [1.807, 2.05) is 0 Å². The topological polar surface area (TPSA) is 28.2 Å². The Kier molecular flexibility index (Phi) is 3.30. The molecule has 110 valence electrons. The van der Waals surface area contributed by atoms with Crippen LogP contribution < -0.4 is 5.32 Å². The number of nitrogens with zero attached hydrogens (tertiary/aromatic N) is 2. The molecule has 3 nitrogen and oxygen atoms in total. The van der Waals surface area contributed by atoms with Crippen LogP contribution in [-0.4, -0.2) is 35.1 Å². The third kappa shape index (κ3) is 2.51. The van der Waals surface area contributed by atoms with E-state index in [4.69, 9.17) is 4.98 Å². The molecule has 2 saturated heterocycles. The third-order valence-electron chi connectivity index (χ3n) is 5.08. The molecule has 2 aliphatic heterocycles. The van der Waals surface area contributed by atoms with E-state index in [-0.39, 0.29) is 0 Å². The molecule has 0 saturated carbocycles. The van der Waals surface area contributed by atoms with E-state index in [1.54, 1.807) is 0 Å². The number of piperidine rings is 1. The summed E-state index contributed by atoms with van der Waals surface area (Å²) < 4.78 is 0. The quantitative estimate of drug-likeness (QED) is 0.912. The normalized spacial score (nSPS) is 26.0. The van der Waals surface area contributed by atoms with Gasteiger partial charge >= 0.3 is 0 Å². The van der Waals surface area contributed by atoms with Crippen LogP contribution in [0.5, 0.6) is 0 Å². The van der Waals surface area contributed by atoms with Crippen LogP contribution in [0.4, 0.5) is 5.82 Å². The predicted octanol–water partition coefficient (Wildman–Crippen LogP) is 3.58. The van der Waals surface area contributed by atoms with Crippen molar-refractivity contribution < 1.29 is 0 Å². The van der Waals surface area contributed by atoms with Crippen molar-refractivity contribution in [1.29, 1.82) is 0 Å². The fraction of sp³-hybridized carbons (Fsp3) is 0.500. The summed E-state index contributed by atoms with van der Waals surface area (Å²) in [6, 6.07) is 12.0. The van der Waals surface area contributed by atoms with Gasteiger partial charge < -0.3 is 10.2 Å². The van der Waals surface area contributed by atoms with Gasteiger partial charge in [0.2, 0.25) is 0 Å². The third-order valence-corrected chi connectivity index (χ3v) is 5.08. The lowest BCUT2D eigenvalue weighted by Gasteiger charge is -2.35. The first-order valence-corrected chi connectivity index (χ1v) is 8.16. The van der Waals surface area contributed by atoms with E-state index in [1.165, 1.54) is 49.7 Å². The summed E-state index contributed by atoms with van der Waals surface area (Å²) in [5.41, 5.74) is 2.34. The molecule has 4 rings (SSSR count). The van der Waals surface area contributed by atoms with Gasteiger partial charge in [0.05, 0.1) is 5.52 Å². The maximum atomic E-state index is 4.83. The lowest BCUT2D eigenvalue weighted by atomic mass is 9.97. The molecule has 0 amide bonds. The minimum absolute atomic E-state index is 0.580. The van der Waals surface area contributed by atoms with Gasteiger partial charge in [-0.25, -0.2) is 4.98 Å². The van der Waals surface area contributed by atoms with E-state index in [0.29, 0.717) is 6.04 Å². The molecule has 2 atom stereocenters. The number of pyridine rings is 1. The second-order valence-electron chi connectivity index (χ2n) is 6.54. The van der Waals surface area contributed by atoms with Crippen LogP contribution in [-0.2, 0) is 0 Å². The highest BCUT2D eigenvalue weighted by molar-refractivity contribution is 5.81. The maximum Gasteiger partial charge on any atom is 0.129 e. The van der Waals surface area contributed by atoms with Crippen LogP contribution in [0.3, 0.4) is 0 Å². The molecule has 2 unspecified atom stereocenters. The molecule has 1 N–H and O–H groups in total. The molecular weight excluding hydrogens is 258 g/mol. The van der Waals surface area contributed by atoms with Crippen molar-refractivity contribution in [2.45, 2.75) is 44.7 Å². The highest BCUT2D eigenvalue weighted by Crippen LogP contribution is 2.29. The molecule has 0 radical (unpaired) electrons. The SMILES string of the molecule is Cc1cc2ccccc2nc1NC1CCN2CCCC2C1. The Labute approximate surface area is 126 Å². The maximum absolute atomic E-state index is 4.83. The van der Waals surface area contributed by atoms with Gasteiger partial charge in [0, 0.05) is 24.0 Å². The fourth-order valence-corrected chi connectivity index (χ4v) is 3.92. The molecule has 0 spiro atoms. The van der Waals surface area contributed by atoms with Crippen molar-refractivity contribution in [1.82, 2.24) is 9.88 Å². The van der Waals surface area contributed by atoms with Crippen LogP contribution in [0, 0.1) is 6.92 Å². The molecular formula is C18H23N3. The van der Waals surface area contributed by atoms with Gasteiger partial charge in [-0.3, -0.25) is 0 Å². The lowest BCUT2D eigenvalue weighted by molar-refractivity contribution is 0.188. The molecule has 2 fully saturated rings. The van der Waals surface area contributed by atoms with Gasteiger partial charge in [0.1, 0.15) is 5.82 Å². The van der Waals surface area contributed by atoms with E-state index < -0.39 is 0 Å². The van der Waals surface area contributed by atoms with Crippen LogP contribution in [0.1, 0.15) is 31.2 Å². The van der Waals surface area contributed by atoms with Gasteiger partial charge in [-0.1, -0.05) is 18.2 Å². The number of anilines is 1. The molecule has 1 aromatic carbocycles. The van der Waals surface area contributed by atoms with Gasteiger partial charge in [0.25, 0.3) is 0 Å². The number of nitrogens with one attached hydrogen (secondary N) is 1. The van der Waals surface area contributed by atoms with E-state index in [9.17, 15) is 0 Å². The molecule has 21 heavy (non-hydrogen) atoms. The van der Waals surface area contributed by atoms with Gasteiger partial charge in [0.15, 0.2) is 0 Å². The summed E-state index contributed by atoms with van der Waals surface area (Å²) in [6.45, 7) is 4.71. The second kappa shape index (κ2) is 5.30. The Morgan fingerprint density at radius 1 is 1.19 bits per heavy atom. The van der Waals surface area contributed by atoms with E-state index in [2.05, 4.69) is 47.5 Å². The van der Waals surface area contributed by atoms with Crippen LogP contribution in [0.25, 0.3) is 10.9 Å². The number of aromatic nitrogens is 1. The Morgan fingerprint density at radius 3 is 3.05 bits per heavy atom. The fourth-order valence-electron chi connectivity index (χ4n) is 3.92.